The number of nitrogens with zero attached hydrogens (tertiary/aromatic N) is 2. The standard InChI is InChI=1S/C13H15N3O4S/c1-16(21(17,18)11-7-14-15-8-11)9-10-2-3-12-13(6-10)20-5-4-19-12/h2-3,6-8H,4-5,9H2,1H3,(H,14,15). The summed E-state index contributed by atoms with van der Waals surface area (Å²) in [5.41, 5.74) is 0.828. The van der Waals surface area contributed by atoms with Crippen LogP contribution >= 0.6 is 0 Å². The molecule has 2 aromatic rings. The molecule has 1 aromatic heterocycles. The summed E-state index contributed by atoms with van der Waals surface area (Å²) in [6.45, 7) is 1.27. The van der Waals surface area contributed by atoms with Gasteiger partial charge in [0.2, 0.25) is 10.0 Å². The van der Waals surface area contributed by atoms with Crippen LogP contribution in [0, 0.1) is 0 Å². The molecule has 21 heavy (non-hydrogen) atoms. The normalized spacial score (nSPS) is 14.4. The van der Waals surface area contributed by atoms with Crippen molar-refractivity contribution in [2.24, 2.45) is 0 Å². The monoisotopic (exact) mass is 309 g/mol. The second kappa shape index (κ2) is 5.38. The van der Waals surface area contributed by atoms with Crippen LogP contribution in [0.5, 0.6) is 11.5 Å². The highest BCUT2D eigenvalue weighted by molar-refractivity contribution is 7.89. The van der Waals surface area contributed by atoms with Crippen LogP contribution in [0.2, 0.25) is 0 Å². The molecule has 1 aromatic carbocycles. The number of hydrogen-bond donors (Lipinski definition) is 1. The number of nitrogens with one attached hydrogen (secondary N) is 1. The van der Waals surface area contributed by atoms with E-state index in [0.717, 1.165) is 5.56 Å². The molecule has 0 saturated heterocycles. The van der Waals surface area contributed by atoms with Crippen molar-refractivity contribution in [1.82, 2.24) is 14.5 Å². The maximum absolute atomic E-state index is 12.3. The minimum atomic E-state index is -3.55. The molecule has 1 aliphatic heterocycles. The zero-order chi connectivity index (χ0) is 14.9. The Labute approximate surface area is 122 Å². The van der Waals surface area contributed by atoms with Gasteiger partial charge in [0.15, 0.2) is 11.5 Å². The van der Waals surface area contributed by atoms with E-state index in [-0.39, 0.29) is 11.4 Å². The van der Waals surface area contributed by atoms with Gasteiger partial charge in [0, 0.05) is 19.8 Å². The minimum absolute atomic E-state index is 0.141. The van der Waals surface area contributed by atoms with Crippen LogP contribution in [-0.4, -0.2) is 43.2 Å². The summed E-state index contributed by atoms with van der Waals surface area (Å²) in [6.07, 6.45) is 2.64. The molecule has 0 fully saturated rings. The van der Waals surface area contributed by atoms with Gasteiger partial charge >= 0.3 is 0 Å². The molecule has 3 rings (SSSR count). The fraction of sp³-hybridized carbons (Fsp3) is 0.308. The average molecular weight is 309 g/mol. The molecule has 112 valence electrons. The second-order valence-electron chi connectivity index (χ2n) is 4.67. The van der Waals surface area contributed by atoms with Gasteiger partial charge in [0.05, 0.1) is 6.20 Å². The Balaban J connectivity index is 1.80. The smallest absolute Gasteiger partial charge is 0.246 e. The fourth-order valence-corrected chi connectivity index (χ4v) is 3.15. The van der Waals surface area contributed by atoms with Gasteiger partial charge in [0.25, 0.3) is 0 Å². The summed E-state index contributed by atoms with van der Waals surface area (Å²) in [7, 11) is -2.02. The third-order valence-electron chi connectivity index (χ3n) is 3.19. The van der Waals surface area contributed by atoms with Crippen LogP contribution in [0.25, 0.3) is 0 Å². The molecule has 0 amide bonds. The summed E-state index contributed by atoms with van der Waals surface area (Å²) >= 11 is 0. The van der Waals surface area contributed by atoms with Crippen LogP contribution in [0.4, 0.5) is 0 Å². The van der Waals surface area contributed by atoms with Crippen LogP contribution < -0.4 is 9.47 Å². The maximum Gasteiger partial charge on any atom is 0.246 e. The Bertz CT molecular complexity index is 728. The summed E-state index contributed by atoms with van der Waals surface area (Å²) in [4.78, 5) is 0.141. The SMILES string of the molecule is CN(Cc1ccc2c(c1)OCCO2)S(=O)(=O)c1cn[nH]c1. The number of aromatic amines is 1. The van der Waals surface area contributed by atoms with Crippen molar-refractivity contribution in [1.29, 1.82) is 0 Å². The predicted octanol–water partition coefficient (Wildman–Crippen LogP) is 1.00. The lowest BCUT2D eigenvalue weighted by molar-refractivity contribution is 0.171. The Kier molecular flexibility index (Phi) is 3.56. The zero-order valence-electron chi connectivity index (χ0n) is 11.4. The van der Waals surface area contributed by atoms with Crippen molar-refractivity contribution in [2.45, 2.75) is 11.4 Å². The summed E-state index contributed by atoms with van der Waals surface area (Å²) < 4.78 is 36.8. The van der Waals surface area contributed by atoms with E-state index in [9.17, 15) is 8.42 Å². The van der Waals surface area contributed by atoms with Gasteiger partial charge in [-0.1, -0.05) is 6.07 Å². The molecule has 0 bridgehead atoms. The lowest BCUT2D eigenvalue weighted by Crippen LogP contribution is -2.26. The molecule has 0 atom stereocenters. The lowest BCUT2D eigenvalue weighted by atomic mass is 10.2. The van der Waals surface area contributed by atoms with Crippen molar-refractivity contribution < 1.29 is 17.9 Å². The van der Waals surface area contributed by atoms with Gasteiger partial charge in [-0.2, -0.15) is 9.40 Å². The third kappa shape index (κ3) is 2.72. The Morgan fingerprint density at radius 1 is 1.29 bits per heavy atom. The van der Waals surface area contributed by atoms with E-state index in [2.05, 4.69) is 10.2 Å². The summed E-state index contributed by atoms with van der Waals surface area (Å²) in [5, 5.41) is 6.17. The largest absolute Gasteiger partial charge is 0.486 e. The van der Waals surface area contributed by atoms with Gasteiger partial charge in [-0.25, -0.2) is 8.42 Å². The van der Waals surface area contributed by atoms with E-state index in [1.54, 1.807) is 12.1 Å². The van der Waals surface area contributed by atoms with Crippen LogP contribution in [0.3, 0.4) is 0 Å². The van der Waals surface area contributed by atoms with Crippen molar-refractivity contribution >= 4 is 10.0 Å². The van der Waals surface area contributed by atoms with E-state index >= 15 is 0 Å². The Morgan fingerprint density at radius 3 is 2.76 bits per heavy atom. The molecular formula is C13H15N3O4S. The van der Waals surface area contributed by atoms with Crippen molar-refractivity contribution in [2.75, 3.05) is 20.3 Å². The topological polar surface area (TPSA) is 84.5 Å². The summed E-state index contributed by atoms with van der Waals surface area (Å²) in [5.74, 6) is 1.33. The first kappa shape index (κ1) is 13.9. The molecule has 7 nitrogen and oxygen atoms in total. The van der Waals surface area contributed by atoms with Crippen LogP contribution in [-0.2, 0) is 16.6 Å². The Hall–Kier alpha value is -2.06. The molecule has 0 spiro atoms. The van der Waals surface area contributed by atoms with E-state index in [0.29, 0.717) is 24.7 Å². The van der Waals surface area contributed by atoms with Gasteiger partial charge in [-0.05, 0) is 17.7 Å². The first-order valence-electron chi connectivity index (χ1n) is 6.41. The molecular weight excluding hydrogens is 294 g/mol. The Morgan fingerprint density at radius 2 is 2.05 bits per heavy atom. The molecule has 2 heterocycles. The van der Waals surface area contributed by atoms with Gasteiger partial charge < -0.3 is 9.47 Å². The van der Waals surface area contributed by atoms with Crippen LogP contribution in [0.15, 0.2) is 35.5 Å². The van der Waals surface area contributed by atoms with E-state index < -0.39 is 10.0 Å². The highest BCUT2D eigenvalue weighted by atomic mass is 32.2. The van der Waals surface area contributed by atoms with Gasteiger partial charge in [-0.15, -0.1) is 0 Å². The number of benzene rings is 1. The van der Waals surface area contributed by atoms with Gasteiger partial charge in [0.1, 0.15) is 18.1 Å². The van der Waals surface area contributed by atoms with E-state index in [4.69, 9.17) is 9.47 Å². The van der Waals surface area contributed by atoms with E-state index in [1.807, 2.05) is 6.07 Å². The zero-order valence-corrected chi connectivity index (χ0v) is 12.3. The molecule has 8 heteroatoms. The number of ether oxygens (including phenoxy) is 2. The maximum atomic E-state index is 12.3. The van der Waals surface area contributed by atoms with Crippen molar-refractivity contribution in [3.05, 3.63) is 36.2 Å². The first-order chi connectivity index (χ1) is 10.1. The molecule has 0 aliphatic carbocycles. The molecule has 1 N–H and O–H groups in total. The van der Waals surface area contributed by atoms with Gasteiger partial charge in [-0.3, -0.25) is 5.10 Å². The lowest BCUT2D eigenvalue weighted by Gasteiger charge is -2.20. The molecule has 1 aliphatic rings. The molecule has 0 saturated carbocycles. The third-order valence-corrected chi connectivity index (χ3v) is 4.96. The van der Waals surface area contributed by atoms with Crippen LogP contribution in [0.1, 0.15) is 5.56 Å². The van der Waals surface area contributed by atoms with Crippen molar-refractivity contribution in [3.8, 4) is 11.5 Å². The average Bonchev–Trinajstić information content (AvgIpc) is 3.02. The fourth-order valence-electron chi connectivity index (χ4n) is 2.09. The predicted molar refractivity (Wildman–Crippen MR) is 74.7 cm³/mol. The quantitative estimate of drug-likeness (QED) is 0.911. The molecule has 0 radical (unpaired) electrons. The minimum Gasteiger partial charge on any atom is -0.486 e. The number of sulfonamides is 1. The highest BCUT2D eigenvalue weighted by Crippen LogP contribution is 2.31. The number of fused-ring (bicyclic) bond motifs is 1. The first-order valence-corrected chi connectivity index (χ1v) is 7.85. The second-order valence-corrected chi connectivity index (χ2v) is 6.72. The van der Waals surface area contributed by atoms with E-state index in [1.165, 1.54) is 23.7 Å². The number of H-pyrrole nitrogens is 1. The highest BCUT2D eigenvalue weighted by Gasteiger charge is 2.22. The summed E-state index contributed by atoms with van der Waals surface area (Å²) in [6, 6.07) is 5.42. The van der Waals surface area contributed by atoms with Crippen molar-refractivity contribution in [3.63, 3.8) is 0 Å². The molecule has 0 unspecified atom stereocenters. The number of rotatable bonds is 4. The number of aromatic nitrogens is 2. The number of hydrogen-bond acceptors (Lipinski definition) is 5.